The molecule has 1 aliphatic heterocycles. The number of anilines is 1. The SMILES string of the molecule is CNc1cc([C@H]2CCCN2C(=O)COc2cccc(F)c2)nc(C)n1. The number of likely N-dealkylation sites (tertiary alicyclic amines) is 1. The molecule has 3 rings (SSSR count). The second-order valence-corrected chi connectivity index (χ2v) is 5.97. The van der Waals surface area contributed by atoms with E-state index >= 15 is 0 Å². The molecule has 132 valence electrons. The Morgan fingerprint density at radius 3 is 3.00 bits per heavy atom. The molecule has 1 N–H and O–H groups in total. The average Bonchev–Trinajstić information content (AvgIpc) is 3.09. The fourth-order valence-electron chi connectivity index (χ4n) is 3.05. The Balaban J connectivity index is 1.70. The third-order valence-electron chi connectivity index (χ3n) is 4.19. The summed E-state index contributed by atoms with van der Waals surface area (Å²) in [6, 6.07) is 7.57. The summed E-state index contributed by atoms with van der Waals surface area (Å²) >= 11 is 0. The minimum atomic E-state index is -0.389. The van der Waals surface area contributed by atoms with Gasteiger partial charge in [0.15, 0.2) is 6.61 Å². The van der Waals surface area contributed by atoms with Gasteiger partial charge in [-0.25, -0.2) is 14.4 Å². The van der Waals surface area contributed by atoms with Crippen LogP contribution in [-0.2, 0) is 4.79 Å². The fourth-order valence-corrected chi connectivity index (χ4v) is 3.05. The van der Waals surface area contributed by atoms with Crippen LogP contribution in [0.5, 0.6) is 5.75 Å². The van der Waals surface area contributed by atoms with Gasteiger partial charge in [-0.2, -0.15) is 0 Å². The molecule has 25 heavy (non-hydrogen) atoms. The first-order valence-corrected chi connectivity index (χ1v) is 8.28. The molecule has 1 aromatic heterocycles. The fraction of sp³-hybridized carbons (Fsp3) is 0.389. The summed E-state index contributed by atoms with van der Waals surface area (Å²) in [6.07, 6.45) is 1.76. The van der Waals surface area contributed by atoms with Gasteiger partial charge < -0.3 is 15.0 Å². The highest BCUT2D eigenvalue weighted by Gasteiger charge is 2.31. The van der Waals surface area contributed by atoms with Crippen LogP contribution >= 0.6 is 0 Å². The molecule has 0 spiro atoms. The smallest absolute Gasteiger partial charge is 0.261 e. The number of benzene rings is 1. The summed E-state index contributed by atoms with van der Waals surface area (Å²) < 4.78 is 18.6. The molecule has 1 amide bonds. The Morgan fingerprint density at radius 2 is 2.24 bits per heavy atom. The minimum Gasteiger partial charge on any atom is -0.484 e. The standard InChI is InChI=1S/C18H21FN4O2/c1-12-21-15(10-17(20-2)22-12)16-7-4-8-23(16)18(24)11-25-14-6-3-5-13(19)9-14/h3,5-6,9-10,16H,4,7-8,11H2,1-2H3,(H,20,21,22)/t16-/m1/s1. The van der Waals surface area contributed by atoms with E-state index in [0.717, 1.165) is 24.4 Å². The predicted octanol–water partition coefficient (Wildman–Crippen LogP) is 2.71. The van der Waals surface area contributed by atoms with Crippen LogP contribution in [0.1, 0.15) is 30.4 Å². The predicted molar refractivity (Wildman–Crippen MR) is 91.9 cm³/mol. The van der Waals surface area contributed by atoms with Gasteiger partial charge in [-0.3, -0.25) is 4.79 Å². The number of ether oxygens (including phenoxy) is 1. The zero-order valence-corrected chi connectivity index (χ0v) is 14.3. The van der Waals surface area contributed by atoms with Crippen LogP contribution in [0.2, 0.25) is 0 Å². The van der Waals surface area contributed by atoms with Gasteiger partial charge in [0.2, 0.25) is 0 Å². The maximum absolute atomic E-state index is 13.2. The quantitative estimate of drug-likeness (QED) is 0.903. The molecule has 2 aromatic rings. The molecule has 1 atom stereocenters. The molecular weight excluding hydrogens is 323 g/mol. The third-order valence-corrected chi connectivity index (χ3v) is 4.19. The number of hydrogen-bond donors (Lipinski definition) is 1. The number of nitrogens with one attached hydrogen (secondary N) is 1. The van der Waals surface area contributed by atoms with Crippen molar-refractivity contribution < 1.29 is 13.9 Å². The lowest BCUT2D eigenvalue weighted by molar-refractivity contribution is -0.134. The number of aryl methyl sites for hydroxylation is 1. The van der Waals surface area contributed by atoms with E-state index in [1.807, 2.05) is 13.0 Å². The number of rotatable bonds is 5. The van der Waals surface area contributed by atoms with Crippen LogP contribution in [0.3, 0.4) is 0 Å². The third kappa shape index (κ3) is 4.04. The molecule has 1 fully saturated rings. The highest BCUT2D eigenvalue weighted by atomic mass is 19.1. The van der Waals surface area contributed by atoms with Gasteiger partial charge in [-0.1, -0.05) is 6.07 Å². The lowest BCUT2D eigenvalue weighted by Crippen LogP contribution is -2.35. The Bertz CT molecular complexity index is 768. The van der Waals surface area contributed by atoms with E-state index in [2.05, 4.69) is 15.3 Å². The van der Waals surface area contributed by atoms with E-state index in [0.29, 0.717) is 18.1 Å². The summed E-state index contributed by atoms with van der Waals surface area (Å²) in [5.74, 6) is 1.23. The molecule has 1 saturated heterocycles. The molecular formula is C18H21FN4O2. The first-order valence-electron chi connectivity index (χ1n) is 8.28. The van der Waals surface area contributed by atoms with Gasteiger partial charge in [0.05, 0.1) is 11.7 Å². The summed E-state index contributed by atoms with van der Waals surface area (Å²) in [5, 5.41) is 3.01. The lowest BCUT2D eigenvalue weighted by Gasteiger charge is -2.24. The first-order chi connectivity index (χ1) is 12.1. The Labute approximate surface area is 146 Å². The van der Waals surface area contributed by atoms with Crippen LogP contribution in [0, 0.1) is 12.7 Å². The van der Waals surface area contributed by atoms with Crippen molar-refractivity contribution in [3.05, 3.63) is 47.7 Å². The molecule has 0 aliphatic carbocycles. The second-order valence-electron chi connectivity index (χ2n) is 5.97. The molecule has 0 saturated carbocycles. The molecule has 6 nitrogen and oxygen atoms in total. The van der Waals surface area contributed by atoms with E-state index in [4.69, 9.17) is 4.74 Å². The van der Waals surface area contributed by atoms with Gasteiger partial charge in [0.1, 0.15) is 23.2 Å². The van der Waals surface area contributed by atoms with E-state index < -0.39 is 0 Å². The van der Waals surface area contributed by atoms with Crippen molar-refractivity contribution in [2.75, 3.05) is 25.5 Å². The van der Waals surface area contributed by atoms with E-state index in [1.165, 1.54) is 12.1 Å². The number of nitrogens with zero attached hydrogens (tertiary/aromatic N) is 3. The van der Waals surface area contributed by atoms with Gasteiger partial charge in [-0.15, -0.1) is 0 Å². The normalized spacial score (nSPS) is 16.8. The van der Waals surface area contributed by atoms with Gasteiger partial charge in [0.25, 0.3) is 5.91 Å². The van der Waals surface area contributed by atoms with Gasteiger partial charge in [-0.05, 0) is 31.9 Å². The summed E-state index contributed by atoms with van der Waals surface area (Å²) in [7, 11) is 1.80. The van der Waals surface area contributed by atoms with Crippen LogP contribution in [0.4, 0.5) is 10.2 Å². The second kappa shape index (κ2) is 7.46. The highest BCUT2D eigenvalue weighted by Crippen LogP contribution is 2.31. The topological polar surface area (TPSA) is 67.4 Å². The van der Waals surface area contributed by atoms with Crippen LogP contribution in [0.15, 0.2) is 30.3 Å². The van der Waals surface area contributed by atoms with Crippen molar-refractivity contribution in [1.82, 2.24) is 14.9 Å². The molecule has 7 heteroatoms. The summed E-state index contributed by atoms with van der Waals surface area (Å²) in [4.78, 5) is 23.1. The molecule has 0 bridgehead atoms. The van der Waals surface area contributed by atoms with Crippen molar-refractivity contribution in [3.8, 4) is 5.75 Å². The number of aromatic nitrogens is 2. The minimum absolute atomic E-state index is 0.0857. The molecule has 1 aliphatic rings. The molecule has 1 aromatic carbocycles. The van der Waals surface area contributed by atoms with Gasteiger partial charge >= 0.3 is 0 Å². The van der Waals surface area contributed by atoms with E-state index in [1.54, 1.807) is 24.1 Å². The molecule has 0 radical (unpaired) electrons. The number of hydrogen-bond acceptors (Lipinski definition) is 5. The summed E-state index contributed by atoms with van der Waals surface area (Å²) in [6.45, 7) is 2.37. The zero-order chi connectivity index (χ0) is 17.8. The monoisotopic (exact) mass is 344 g/mol. The number of amides is 1. The van der Waals surface area contributed by atoms with E-state index in [-0.39, 0.29) is 24.4 Å². The maximum atomic E-state index is 13.2. The van der Waals surface area contributed by atoms with Crippen LogP contribution in [0.25, 0.3) is 0 Å². The van der Waals surface area contributed by atoms with Gasteiger partial charge in [0, 0.05) is 25.7 Å². The van der Waals surface area contributed by atoms with Crippen molar-refractivity contribution in [3.63, 3.8) is 0 Å². The number of halogens is 1. The van der Waals surface area contributed by atoms with Crippen molar-refractivity contribution >= 4 is 11.7 Å². The number of carbonyl (C=O) groups is 1. The van der Waals surface area contributed by atoms with E-state index in [9.17, 15) is 9.18 Å². The van der Waals surface area contributed by atoms with Crippen LogP contribution < -0.4 is 10.1 Å². The maximum Gasteiger partial charge on any atom is 0.261 e. The first kappa shape index (κ1) is 17.1. The average molecular weight is 344 g/mol. The van der Waals surface area contributed by atoms with Crippen molar-refractivity contribution in [1.29, 1.82) is 0 Å². The zero-order valence-electron chi connectivity index (χ0n) is 14.3. The van der Waals surface area contributed by atoms with Crippen molar-refractivity contribution in [2.45, 2.75) is 25.8 Å². The Hall–Kier alpha value is -2.70. The Morgan fingerprint density at radius 1 is 1.40 bits per heavy atom. The summed E-state index contributed by atoms with van der Waals surface area (Å²) in [5.41, 5.74) is 0.827. The van der Waals surface area contributed by atoms with Crippen LogP contribution in [-0.4, -0.2) is 41.0 Å². The van der Waals surface area contributed by atoms with Crippen molar-refractivity contribution in [2.24, 2.45) is 0 Å². The Kier molecular flexibility index (Phi) is 5.11. The molecule has 0 unspecified atom stereocenters. The lowest BCUT2D eigenvalue weighted by atomic mass is 10.1. The molecule has 2 heterocycles. The largest absolute Gasteiger partial charge is 0.484 e. The number of carbonyl (C=O) groups excluding carboxylic acids is 1. The highest BCUT2D eigenvalue weighted by molar-refractivity contribution is 5.78.